The number of aliphatic hydroxyl groups is 2. The number of carbonyl (C=O) groups is 1. The number of rotatable bonds is 10. The van der Waals surface area contributed by atoms with Crippen molar-refractivity contribution in [2.75, 3.05) is 6.61 Å². The summed E-state index contributed by atoms with van der Waals surface area (Å²) in [5, 5.41) is 19.5. The van der Waals surface area contributed by atoms with E-state index in [0.717, 1.165) is 5.56 Å². The van der Waals surface area contributed by atoms with Crippen LogP contribution in [0.25, 0.3) is 11.0 Å². The Morgan fingerprint density at radius 2 is 1.66 bits per heavy atom. The molecule has 1 unspecified atom stereocenters. The highest BCUT2D eigenvalue weighted by molar-refractivity contribution is 7.71. The molecular weight excluding hydrogens is 513 g/mol. The van der Waals surface area contributed by atoms with Crippen molar-refractivity contribution in [3.05, 3.63) is 110 Å². The van der Waals surface area contributed by atoms with Crippen molar-refractivity contribution in [1.82, 2.24) is 9.55 Å². The third kappa shape index (κ3) is 6.13. The van der Waals surface area contributed by atoms with Crippen LogP contribution >= 0.6 is 0 Å². The standard InChI is InChI=1S/C27H26FN3O6S/c28-20-7-5-16(6-8-20)9-19-10-23-25(30-12-19)22(11-21(33)14-32)24(26(29)34)27(35)31(23)13-17-1-3-18(4-2-17)15-38(36)37/h1-8,10,12,21,32-33,38H,9,11,13-15H2,(H2,29,34). The molecule has 0 aliphatic rings. The molecule has 198 valence electrons. The van der Waals surface area contributed by atoms with Gasteiger partial charge in [-0.05, 0) is 46.9 Å². The number of benzene rings is 2. The smallest absolute Gasteiger partial charge is 0.264 e. The highest BCUT2D eigenvalue weighted by atomic mass is 32.2. The summed E-state index contributed by atoms with van der Waals surface area (Å²) in [4.78, 5) is 30.5. The average Bonchev–Trinajstić information content (AvgIpc) is 2.88. The molecule has 0 spiro atoms. The maximum atomic E-state index is 13.6. The van der Waals surface area contributed by atoms with Crippen LogP contribution in [0, 0.1) is 5.82 Å². The second-order valence-corrected chi connectivity index (χ2v) is 9.95. The minimum Gasteiger partial charge on any atom is -0.394 e. The topological polar surface area (TPSA) is 153 Å². The number of hydrogen-bond acceptors (Lipinski definition) is 7. The van der Waals surface area contributed by atoms with Crippen molar-refractivity contribution in [3.63, 3.8) is 0 Å². The zero-order chi connectivity index (χ0) is 27.4. The van der Waals surface area contributed by atoms with Crippen LogP contribution in [-0.4, -0.2) is 46.8 Å². The molecule has 0 aliphatic carbocycles. The van der Waals surface area contributed by atoms with Gasteiger partial charge in [0.25, 0.3) is 11.5 Å². The monoisotopic (exact) mass is 539 g/mol. The van der Waals surface area contributed by atoms with Crippen molar-refractivity contribution in [2.24, 2.45) is 5.73 Å². The number of amides is 1. The number of carbonyl (C=O) groups excluding carboxylic acids is 1. The summed E-state index contributed by atoms with van der Waals surface area (Å²) >= 11 is 0. The van der Waals surface area contributed by atoms with Crippen LogP contribution in [0.3, 0.4) is 0 Å². The number of thiol groups is 1. The quantitative estimate of drug-likeness (QED) is 0.222. The lowest BCUT2D eigenvalue weighted by Gasteiger charge is -2.18. The van der Waals surface area contributed by atoms with Gasteiger partial charge in [-0.2, -0.15) is 0 Å². The summed E-state index contributed by atoms with van der Waals surface area (Å²) in [6.45, 7) is -0.559. The molecule has 11 heteroatoms. The van der Waals surface area contributed by atoms with Gasteiger partial charge in [0.1, 0.15) is 22.1 Å². The molecule has 0 fully saturated rings. The number of nitrogens with two attached hydrogens (primary N) is 1. The molecule has 1 amide bonds. The zero-order valence-electron chi connectivity index (χ0n) is 20.2. The Kier molecular flexibility index (Phi) is 8.30. The van der Waals surface area contributed by atoms with E-state index in [0.29, 0.717) is 28.6 Å². The van der Waals surface area contributed by atoms with E-state index in [1.807, 2.05) is 0 Å². The van der Waals surface area contributed by atoms with Crippen molar-refractivity contribution in [2.45, 2.75) is 31.2 Å². The Morgan fingerprint density at radius 1 is 1.03 bits per heavy atom. The SMILES string of the molecule is NC(=O)c1c(CC(O)CO)c2ncc(Cc3ccc(F)cc3)cc2n(Cc2ccc(C[SH](=O)=O)cc2)c1=O. The van der Waals surface area contributed by atoms with Gasteiger partial charge in [0.2, 0.25) is 0 Å². The third-order valence-corrected chi connectivity index (χ3v) is 6.78. The Bertz CT molecular complexity index is 1610. The second kappa shape index (κ2) is 11.6. The minimum atomic E-state index is -2.59. The highest BCUT2D eigenvalue weighted by Gasteiger charge is 2.24. The molecule has 9 nitrogen and oxygen atoms in total. The van der Waals surface area contributed by atoms with Crippen LogP contribution in [-0.2, 0) is 35.8 Å². The van der Waals surface area contributed by atoms with Crippen LogP contribution in [0.15, 0.2) is 65.6 Å². The van der Waals surface area contributed by atoms with Crippen LogP contribution in [0.1, 0.15) is 38.2 Å². The van der Waals surface area contributed by atoms with Gasteiger partial charge in [-0.15, -0.1) is 0 Å². The van der Waals surface area contributed by atoms with Gasteiger partial charge in [0, 0.05) is 18.2 Å². The molecule has 38 heavy (non-hydrogen) atoms. The Hall–Kier alpha value is -3.93. The zero-order valence-corrected chi connectivity index (χ0v) is 21.1. The van der Waals surface area contributed by atoms with E-state index in [1.165, 1.54) is 16.7 Å². The van der Waals surface area contributed by atoms with Crippen LogP contribution in [0.2, 0.25) is 0 Å². The number of primary amides is 1. The molecular formula is C27H26FN3O6S. The van der Waals surface area contributed by atoms with Crippen molar-refractivity contribution >= 4 is 27.6 Å². The molecule has 0 aliphatic heterocycles. The Balaban J connectivity index is 1.88. The molecule has 0 bridgehead atoms. The lowest BCUT2D eigenvalue weighted by molar-refractivity contribution is 0.0941. The predicted molar refractivity (Wildman–Crippen MR) is 140 cm³/mol. The van der Waals surface area contributed by atoms with E-state index in [-0.39, 0.29) is 41.2 Å². The molecule has 4 aromatic rings. The molecule has 2 aromatic carbocycles. The van der Waals surface area contributed by atoms with E-state index >= 15 is 0 Å². The summed E-state index contributed by atoms with van der Waals surface area (Å²) in [5.41, 5.74) is 8.16. The average molecular weight is 540 g/mol. The summed E-state index contributed by atoms with van der Waals surface area (Å²) < 4.78 is 36.8. The lowest BCUT2D eigenvalue weighted by atomic mass is 9.98. The van der Waals surface area contributed by atoms with E-state index in [2.05, 4.69) is 4.98 Å². The molecule has 0 radical (unpaired) electrons. The largest absolute Gasteiger partial charge is 0.394 e. The summed E-state index contributed by atoms with van der Waals surface area (Å²) in [5.74, 6) is -1.46. The minimum absolute atomic E-state index is 0.0317. The predicted octanol–water partition coefficient (Wildman–Crippen LogP) is 1.28. The number of hydrogen-bond donors (Lipinski definition) is 4. The fourth-order valence-electron chi connectivity index (χ4n) is 4.35. The molecule has 2 aromatic heterocycles. The number of pyridine rings is 2. The van der Waals surface area contributed by atoms with Crippen molar-refractivity contribution in [1.29, 1.82) is 0 Å². The van der Waals surface area contributed by atoms with Gasteiger partial charge >= 0.3 is 0 Å². The Morgan fingerprint density at radius 3 is 2.26 bits per heavy atom. The van der Waals surface area contributed by atoms with E-state index < -0.39 is 34.9 Å². The summed E-state index contributed by atoms with van der Waals surface area (Å²) in [7, 11) is -2.59. The van der Waals surface area contributed by atoms with Crippen LogP contribution < -0.4 is 11.3 Å². The number of aliphatic hydroxyl groups excluding tert-OH is 2. The van der Waals surface area contributed by atoms with Gasteiger partial charge in [-0.25, -0.2) is 12.8 Å². The number of nitrogens with zero attached hydrogens (tertiary/aromatic N) is 2. The van der Waals surface area contributed by atoms with Gasteiger partial charge in [0.15, 0.2) is 0 Å². The molecule has 0 saturated carbocycles. The fraction of sp³-hybridized carbons (Fsp3) is 0.222. The first-order valence-electron chi connectivity index (χ1n) is 11.7. The van der Waals surface area contributed by atoms with Gasteiger partial charge in [-0.1, -0.05) is 36.4 Å². The Labute approximate surface area is 219 Å². The van der Waals surface area contributed by atoms with E-state index in [9.17, 15) is 32.6 Å². The first-order valence-corrected chi connectivity index (χ1v) is 13.1. The molecule has 4 rings (SSSR count). The van der Waals surface area contributed by atoms with Gasteiger partial charge in [0.05, 0.1) is 36.0 Å². The normalized spacial score (nSPS) is 12.2. The fourth-order valence-corrected chi connectivity index (χ4v) is 4.86. The number of halogens is 1. The maximum absolute atomic E-state index is 13.6. The maximum Gasteiger partial charge on any atom is 0.264 e. The van der Waals surface area contributed by atoms with Gasteiger partial charge in [-0.3, -0.25) is 14.6 Å². The summed E-state index contributed by atoms with van der Waals surface area (Å²) in [6, 6.07) is 14.4. The second-order valence-electron chi connectivity index (χ2n) is 8.97. The molecule has 2 heterocycles. The third-order valence-electron chi connectivity index (χ3n) is 6.16. The summed E-state index contributed by atoms with van der Waals surface area (Å²) in [6.07, 6.45) is 0.505. The van der Waals surface area contributed by atoms with Crippen molar-refractivity contribution in [3.8, 4) is 0 Å². The number of aromatic nitrogens is 2. The van der Waals surface area contributed by atoms with E-state index in [4.69, 9.17) is 5.73 Å². The highest BCUT2D eigenvalue weighted by Crippen LogP contribution is 2.23. The van der Waals surface area contributed by atoms with Gasteiger partial charge < -0.3 is 20.5 Å². The van der Waals surface area contributed by atoms with Crippen LogP contribution in [0.5, 0.6) is 0 Å². The van der Waals surface area contributed by atoms with Crippen molar-refractivity contribution < 1.29 is 27.8 Å². The molecule has 4 N–H and O–H groups in total. The van der Waals surface area contributed by atoms with Crippen LogP contribution in [0.4, 0.5) is 4.39 Å². The van der Waals surface area contributed by atoms with E-state index in [1.54, 1.807) is 48.7 Å². The molecule has 0 saturated heterocycles. The first-order chi connectivity index (χ1) is 18.2. The lowest BCUT2D eigenvalue weighted by Crippen LogP contribution is -2.34. The number of fused-ring (bicyclic) bond motifs is 1. The molecule has 1 atom stereocenters. The first kappa shape index (κ1) is 27.1.